The molecular formula is C20H18ClN5O2. The molecule has 4 aromatic heterocycles. The van der Waals surface area contributed by atoms with Crippen molar-refractivity contribution in [1.29, 1.82) is 0 Å². The molecule has 142 valence electrons. The molecule has 0 amide bonds. The molecule has 1 aliphatic rings. The molecule has 0 atom stereocenters. The van der Waals surface area contributed by atoms with Crippen LogP contribution in [-0.2, 0) is 0 Å². The van der Waals surface area contributed by atoms with Crippen molar-refractivity contribution < 1.29 is 4.42 Å². The zero-order valence-corrected chi connectivity index (χ0v) is 16.0. The monoisotopic (exact) mass is 395 g/mol. The predicted molar refractivity (Wildman–Crippen MR) is 109 cm³/mol. The third-order valence-corrected chi connectivity index (χ3v) is 5.24. The van der Waals surface area contributed by atoms with Gasteiger partial charge in [0.2, 0.25) is 0 Å². The summed E-state index contributed by atoms with van der Waals surface area (Å²) in [7, 11) is 0. The number of imidazole rings is 1. The van der Waals surface area contributed by atoms with E-state index in [4.69, 9.17) is 16.0 Å². The van der Waals surface area contributed by atoms with Gasteiger partial charge in [-0.25, -0.2) is 14.8 Å². The lowest BCUT2D eigenvalue weighted by atomic mass is 10.2. The smallest absolute Gasteiger partial charge is 0.345 e. The van der Waals surface area contributed by atoms with Crippen LogP contribution in [0.25, 0.3) is 27.9 Å². The van der Waals surface area contributed by atoms with Crippen LogP contribution in [-0.4, -0.2) is 40.5 Å². The number of pyridine rings is 2. The van der Waals surface area contributed by atoms with E-state index in [1.807, 2.05) is 29.7 Å². The van der Waals surface area contributed by atoms with Crippen LogP contribution in [0.1, 0.15) is 5.56 Å². The summed E-state index contributed by atoms with van der Waals surface area (Å²) in [5, 5.41) is 4.61. The van der Waals surface area contributed by atoms with E-state index >= 15 is 0 Å². The zero-order chi connectivity index (χ0) is 19.3. The topological polar surface area (TPSA) is 75.7 Å². The molecule has 0 unspecified atom stereocenters. The van der Waals surface area contributed by atoms with Crippen LogP contribution in [0.5, 0.6) is 0 Å². The van der Waals surface area contributed by atoms with Gasteiger partial charge < -0.3 is 19.0 Å². The second-order valence-corrected chi connectivity index (χ2v) is 7.39. The first-order valence-electron chi connectivity index (χ1n) is 9.13. The Morgan fingerprint density at radius 2 is 2.00 bits per heavy atom. The summed E-state index contributed by atoms with van der Waals surface area (Å²) < 4.78 is 7.43. The van der Waals surface area contributed by atoms with E-state index in [0.717, 1.165) is 42.9 Å². The van der Waals surface area contributed by atoms with E-state index in [9.17, 15) is 4.79 Å². The first-order valence-corrected chi connectivity index (χ1v) is 9.51. The van der Waals surface area contributed by atoms with Crippen LogP contribution in [0.2, 0.25) is 5.02 Å². The second-order valence-electron chi connectivity index (χ2n) is 6.99. The van der Waals surface area contributed by atoms with Gasteiger partial charge in [0, 0.05) is 56.2 Å². The zero-order valence-electron chi connectivity index (χ0n) is 15.3. The molecule has 0 spiro atoms. The molecular weight excluding hydrogens is 378 g/mol. The van der Waals surface area contributed by atoms with E-state index in [2.05, 4.69) is 20.2 Å². The van der Waals surface area contributed by atoms with Gasteiger partial charge in [-0.2, -0.15) is 0 Å². The van der Waals surface area contributed by atoms with Gasteiger partial charge in [-0.15, -0.1) is 0 Å². The van der Waals surface area contributed by atoms with Crippen LogP contribution >= 0.6 is 11.6 Å². The lowest BCUT2D eigenvalue weighted by Gasteiger charge is -2.28. The predicted octanol–water partition coefficient (Wildman–Crippen LogP) is 2.87. The molecule has 4 aromatic rings. The molecule has 0 aromatic carbocycles. The quantitative estimate of drug-likeness (QED) is 0.562. The van der Waals surface area contributed by atoms with Crippen LogP contribution < -0.4 is 15.8 Å². The molecule has 0 saturated carbocycles. The van der Waals surface area contributed by atoms with Crippen molar-refractivity contribution >= 4 is 34.0 Å². The van der Waals surface area contributed by atoms with Gasteiger partial charge in [0.1, 0.15) is 11.4 Å². The Hall–Kier alpha value is -2.90. The van der Waals surface area contributed by atoms with Gasteiger partial charge in [-0.1, -0.05) is 11.6 Å². The molecule has 1 N–H and O–H groups in total. The molecule has 8 heteroatoms. The normalized spacial score (nSPS) is 14.9. The second kappa shape index (κ2) is 6.61. The van der Waals surface area contributed by atoms with E-state index in [-0.39, 0.29) is 0 Å². The molecule has 1 aliphatic heterocycles. The summed E-state index contributed by atoms with van der Waals surface area (Å²) in [6.07, 6.45) is 5.45. The minimum absolute atomic E-state index is 0.390. The van der Waals surface area contributed by atoms with Crippen molar-refractivity contribution in [2.75, 3.05) is 31.1 Å². The summed E-state index contributed by atoms with van der Waals surface area (Å²) in [6, 6.07) is 5.45. The van der Waals surface area contributed by atoms with Gasteiger partial charge >= 0.3 is 5.63 Å². The molecule has 0 bridgehead atoms. The van der Waals surface area contributed by atoms with Gasteiger partial charge in [-0.05, 0) is 24.6 Å². The van der Waals surface area contributed by atoms with Crippen molar-refractivity contribution in [2.45, 2.75) is 6.92 Å². The highest BCUT2D eigenvalue weighted by Gasteiger charge is 2.16. The summed E-state index contributed by atoms with van der Waals surface area (Å²) in [6.45, 7) is 5.54. The number of anilines is 1. The number of halogens is 1. The highest BCUT2D eigenvalue weighted by molar-refractivity contribution is 6.33. The van der Waals surface area contributed by atoms with Crippen molar-refractivity contribution in [3.8, 4) is 11.3 Å². The Bertz CT molecular complexity index is 1260. The molecule has 1 fully saturated rings. The fourth-order valence-corrected chi connectivity index (χ4v) is 3.88. The average Bonchev–Trinajstić information content (AvgIpc) is 3.12. The van der Waals surface area contributed by atoms with Gasteiger partial charge in [0.05, 0.1) is 16.3 Å². The van der Waals surface area contributed by atoms with Gasteiger partial charge in [-0.3, -0.25) is 0 Å². The number of aryl methyl sites for hydroxylation is 1. The lowest BCUT2D eigenvalue weighted by Crippen LogP contribution is -2.43. The number of nitrogens with one attached hydrogen (secondary N) is 1. The minimum Gasteiger partial charge on any atom is -0.422 e. The van der Waals surface area contributed by atoms with E-state index < -0.39 is 5.63 Å². The van der Waals surface area contributed by atoms with Crippen molar-refractivity contribution in [2.24, 2.45) is 0 Å². The third-order valence-electron chi connectivity index (χ3n) is 4.96. The Kier molecular flexibility index (Phi) is 4.07. The fraction of sp³-hybridized carbons (Fsp3) is 0.250. The van der Waals surface area contributed by atoms with Crippen molar-refractivity contribution in [3.63, 3.8) is 0 Å². The number of fused-ring (bicyclic) bond motifs is 2. The summed E-state index contributed by atoms with van der Waals surface area (Å²) in [4.78, 5) is 23.9. The first kappa shape index (κ1) is 17.2. The maximum atomic E-state index is 12.7. The first-order chi connectivity index (χ1) is 13.6. The fourth-order valence-electron chi connectivity index (χ4n) is 3.57. The standard InChI is InChI=1S/C20H18ClN5O2/c1-12-6-15(21)19-24-16(11-26(19)10-12)14-7-13-9-23-18(8-17(13)28-20(14)27)25-4-2-22-3-5-25/h6-11,22H,2-5H2,1H3. The Morgan fingerprint density at radius 3 is 2.82 bits per heavy atom. The number of piperazine rings is 1. The van der Waals surface area contributed by atoms with E-state index in [0.29, 0.717) is 27.5 Å². The maximum Gasteiger partial charge on any atom is 0.345 e. The van der Waals surface area contributed by atoms with Crippen molar-refractivity contribution in [3.05, 3.63) is 57.8 Å². The highest BCUT2D eigenvalue weighted by atomic mass is 35.5. The highest BCUT2D eigenvalue weighted by Crippen LogP contribution is 2.26. The third kappa shape index (κ3) is 2.93. The number of hydrogen-bond acceptors (Lipinski definition) is 6. The van der Waals surface area contributed by atoms with E-state index in [1.54, 1.807) is 18.5 Å². The number of rotatable bonds is 2. The molecule has 0 aliphatic carbocycles. The number of nitrogens with zero attached hydrogens (tertiary/aromatic N) is 4. The maximum absolute atomic E-state index is 12.7. The van der Waals surface area contributed by atoms with E-state index in [1.165, 1.54) is 0 Å². The SMILES string of the molecule is Cc1cc(Cl)c2nc(-c3cc4cnc(N5CCNCC5)cc4oc3=O)cn2c1. The molecule has 5 heterocycles. The number of hydrogen-bond donors (Lipinski definition) is 1. The minimum atomic E-state index is -0.429. The van der Waals surface area contributed by atoms with Crippen LogP contribution in [0, 0.1) is 6.92 Å². The molecule has 1 saturated heterocycles. The van der Waals surface area contributed by atoms with Crippen molar-refractivity contribution in [1.82, 2.24) is 19.7 Å². The Labute approximate surface area is 165 Å². The molecule has 28 heavy (non-hydrogen) atoms. The van der Waals surface area contributed by atoms with Gasteiger partial charge in [0.25, 0.3) is 0 Å². The summed E-state index contributed by atoms with van der Waals surface area (Å²) >= 11 is 6.29. The van der Waals surface area contributed by atoms with Crippen LogP contribution in [0.15, 0.2) is 46.0 Å². The molecule has 7 nitrogen and oxygen atoms in total. The van der Waals surface area contributed by atoms with Crippen LogP contribution in [0.4, 0.5) is 5.82 Å². The summed E-state index contributed by atoms with van der Waals surface area (Å²) in [5.41, 5.74) is 2.62. The largest absolute Gasteiger partial charge is 0.422 e. The number of aromatic nitrogens is 3. The average molecular weight is 396 g/mol. The summed E-state index contributed by atoms with van der Waals surface area (Å²) in [5.74, 6) is 0.819. The van der Waals surface area contributed by atoms with Gasteiger partial charge in [0.15, 0.2) is 5.65 Å². The molecule has 5 rings (SSSR count). The Morgan fingerprint density at radius 1 is 1.18 bits per heavy atom. The lowest BCUT2D eigenvalue weighted by molar-refractivity contribution is 0.560. The molecule has 0 radical (unpaired) electrons. The van der Waals surface area contributed by atoms with Crippen LogP contribution in [0.3, 0.4) is 0 Å². The Balaban J connectivity index is 1.60.